The topological polar surface area (TPSA) is 57.6 Å². The molecule has 1 atom stereocenters. The molecule has 1 unspecified atom stereocenters. The maximum Gasteiger partial charge on any atom is 0.294 e. The average Bonchev–Trinajstić information content (AvgIpc) is 3.13. The Hall–Kier alpha value is -2.40. The number of rotatable bonds is 3. The molecular formula is C20H21NO3S. The van der Waals surface area contributed by atoms with Gasteiger partial charge in [-0.25, -0.2) is 0 Å². The molecule has 2 heterocycles. The highest BCUT2D eigenvalue weighted by atomic mass is 32.1. The molecule has 1 aliphatic heterocycles. The molecule has 0 bridgehead atoms. The molecule has 25 heavy (non-hydrogen) atoms. The van der Waals surface area contributed by atoms with Crippen molar-refractivity contribution < 1.29 is 14.7 Å². The average molecular weight is 355 g/mol. The normalized spacial score (nSPS) is 18.2. The summed E-state index contributed by atoms with van der Waals surface area (Å²) in [6, 6.07) is 10.7. The number of aliphatic hydroxyl groups excluding tert-OH is 1. The predicted octanol–water partition coefficient (Wildman–Crippen LogP) is 4.57. The van der Waals surface area contributed by atoms with Crippen LogP contribution in [0.5, 0.6) is 0 Å². The van der Waals surface area contributed by atoms with E-state index in [0.29, 0.717) is 5.69 Å². The summed E-state index contributed by atoms with van der Waals surface area (Å²) >= 11 is 1.47. The van der Waals surface area contributed by atoms with Gasteiger partial charge in [0.2, 0.25) is 0 Å². The highest BCUT2D eigenvalue weighted by molar-refractivity contribution is 7.10. The number of hydrogen-bond donors (Lipinski definition) is 1. The van der Waals surface area contributed by atoms with Crippen LogP contribution in [0.1, 0.15) is 37.3 Å². The lowest BCUT2D eigenvalue weighted by Crippen LogP contribution is -2.32. The standard InChI is InChI=1S/C20H21NO3S/c1-12-7-5-8-13(11-12)21-16(14-9-6-10-25-14)15(17(22)19(21)24)18(23)20(2,3)4/h5-11,16,22H,1-4H3. The summed E-state index contributed by atoms with van der Waals surface area (Å²) in [6.07, 6.45) is 0. The van der Waals surface area contributed by atoms with Crippen molar-refractivity contribution in [3.8, 4) is 0 Å². The van der Waals surface area contributed by atoms with Crippen molar-refractivity contribution in [2.75, 3.05) is 4.90 Å². The van der Waals surface area contributed by atoms with Crippen LogP contribution in [0, 0.1) is 12.3 Å². The predicted molar refractivity (Wildman–Crippen MR) is 99.8 cm³/mol. The van der Waals surface area contributed by atoms with E-state index in [2.05, 4.69) is 0 Å². The summed E-state index contributed by atoms with van der Waals surface area (Å²) in [6.45, 7) is 7.32. The first kappa shape index (κ1) is 17.4. The van der Waals surface area contributed by atoms with Gasteiger partial charge in [-0.15, -0.1) is 11.3 Å². The van der Waals surface area contributed by atoms with Crippen LogP contribution in [0.25, 0.3) is 0 Å². The number of amides is 1. The van der Waals surface area contributed by atoms with Crippen molar-refractivity contribution in [2.45, 2.75) is 33.7 Å². The minimum atomic E-state index is -0.693. The van der Waals surface area contributed by atoms with Gasteiger partial charge in [0, 0.05) is 16.0 Å². The quantitative estimate of drug-likeness (QED) is 0.877. The van der Waals surface area contributed by atoms with Crippen LogP contribution in [0.15, 0.2) is 53.1 Å². The summed E-state index contributed by atoms with van der Waals surface area (Å²) in [4.78, 5) is 28.2. The number of carbonyl (C=O) groups excluding carboxylic acids is 2. The summed E-state index contributed by atoms with van der Waals surface area (Å²) in [7, 11) is 0. The number of nitrogens with zero attached hydrogens (tertiary/aromatic N) is 1. The van der Waals surface area contributed by atoms with E-state index >= 15 is 0 Å². The van der Waals surface area contributed by atoms with Crippen molar-refractivity contribution in [3.05, 3.63) is 63.6 Å². The Labute approximate surface area is 151 Å². The summed E-state index contributed by atoms with van der Waals surface area (Å²) in [5.41, 5.74) is 1.17. The Balaban J connectivity index is 2.18. The number of ketones is 1. The number of aryl methyl sites for hydroxylation is 1. The van der Waals surface area contributed by atoms with Gasteiger partial charge in [-0.1, -0.05) is 39.0 Å². The van der Waals surface area contributed by atoms with Gasteiger partial charge in [0.15, 0.2) is 11.5 Å². The number of benzene rings is 1. The lowest BCUT2D eigenvalue weighted by atomic mass is 9.83. The smallest absolute Gasteiger partial charge is 0.294 e. The molecule has 130 valence electrons. The molecule has 1 N–H and O–H groups in total. The Morgan fingerprint density at radius 1 is 1.20 bits per heavy atom. The second-order valence-electron chi connectivity index (χ2n) is 7.27. The zero-order valence-corrected chi connectivity index (χ0v) is 15.6. The van der Waals surface area contributed by atoms with Gasteiger partial charge in [-0.3, -0.25) is 14.5 Å². The molecule has 0 fully saturated rings. The highest BCUT2D eigenvalue weighted by Gasteiger charge is 2.47. The molecule has 4 nitrogen and oxygen atoms in total. The summed E-state index contributed by atoms with van der Waals surface area (Å²) < 4.78 is 0. The molecule has 3 rings (SSSR count). The van der Waals surface area contributed by atoms with E-state index in [-0.39, 0.29) is 11.4 Å². The van der Waals surface area contributed by atoms with Crippen molar-refractivity contribution in [3.63, 3.8) is 0 Å². The SMILES string of the molecule is Cc1cccc(N2C(=O)C(O)=C(C(=O)C(C)(C)C)C2c2cccs2)c1. The minimum absolute atomic E-state index is 0.182. The molecule has 0 radical (unpaired) electrons. The monoisotopic (exact) mass is 355 g/mol. The Bertz CT molecular complexity index is 859. The van der Waals surface area contributed by atoms with Crippen LogP contribution in [0.2, 0.25) is 0 Å². The molecule has 0 saturated carbocycles. The fourth-order valence-electron chi connectivity index (χ4n) is 3.00. The molecule has 0 aliphatic carbocycles. The van der Waals surface area contributed by atoms with E-state index in [1.54, 1.807) is 20.8 Å². The van der Waals surface area contributed by atoms with Crippen LogP contribution < -0.4 is 4.90 Å². The third-order valence-corrected chi connectivity index (χ3v) is 5.15. The van der Waals surface area contributed by atoms with Gasteiger partial charge >= 0.3 is 0 Å². The van der Waals surface area contributed by atoms with Crippen LogP contribution >= 0.6 is 11.3 Å². The molecule has 1 amide bonds. The second kappa shape index (κ2) is 6.15. The molecule has 5 heteroatoms. The maximum absolute atomic E-state index is 13.0. The van der Waals surface area contributed by atoms with Gasteiger partial charge in [0.1, 0.15) is 6.04 Å². The van der Waals surface area contributed by atoms with E-state index in [9.17, 15) is 14.7 Å². The van der Waals surface area contributed by atoms with Gasteiger partial charge in [-0.05, 0) is 36.1 Å². The van der Waals surface area contributed by atoms with Crippen molar-refractivity contribution in [1.82, 2.24) is 0 Å². The fraction of sp³-hybridized carbons (Fsp3) is 0.300. The van der Waals surface area contributed by atoms with Crippen molar-refractivity contribution in [2.24, 2.45) is 5.41 Å². The van der Waals surface area contributed by atoms with Crippen LogP contribution in [-0.4, -0.2) is 16.8 Å². The number of anilines is 1. The lowest BCUT2D eigenvalue weighted by molar-refractivity contribution is -0.123. The fourth-order valence-corrected chi connectivity index (χ4v) is 3.82. The molecule has 1 aliphatic rings. The van der Waals surface area contributed by atoms with Crippen molar-refractivity contribution in [1.29, 1.82) is 0 Å². The first-order chi connectivity index (χ1) is 11.7. The first-order valence-corrected chi connectivity index (χ1v) is 9.01. The lowest BCUT2D eigenvalue weighted by Gasteiger charge is -2.28. The zero-order valence-electron chi connectivity index (χ0n) is 14.7. The molecule has 1 aromatic heterocycles. The Morgan fingerprint density at radius 2 is 1.92 bits per heavy atom. The second-order valence-corrected chi connectivity index (χ2v) is 8.25. The molecule has 0 saturated heterocycles. The van der Waals surface area contributed by atoms with E-state index in [1.165, 1.54) is 16.2 Å². The Kier molecular flexibility index (Phi) is 4.29. The number of carbonyl (C=O) groups is 2. The zero-order chi connectivity index (χ0) is 18.4. The number of thiophene rings is 1. The largest absolute Gasteiger partial charge is 0.503 e. The Morgan fingerprint density at radius 3 is 2.48 bits per heavy atom. The molecule has 0 spiro atoms. The number of hydrogen-bond acceptors (Lipinski definition) is 4. The van der Waals surface area contributed by atoms with E-state index < -0.39 is 23.1 Å². The van der Waals surface area contributed by atoms with Gasteiger partial charge < -0.3 is 5.11 Å². The summed E-state index contributed by atoms with van der Waals surface area (Å²) in [5.74, 6) is -1.19. The third kappa shape index (κ3) is 3.00. The maximum atomic E-state index is 13.0. The molecule has 1 aromatic carbocycles. The van der Waals surface area contributed by atoms with Gasteiger partial charge in [-0.2, -0.15) is 0 Å². The first-order valence-electron chi connectivity index (χ1n) is 8.13. The van der Waals surface area contributed by atoms with Gasteiger partial charge in [0.25, 0.3) is 5.91 Å². The summed E-state index contributed by atoms with van der Waals surface area (Å²) in [5, 5.41) is 12.4. The van der Waals surface area contributed by atoms with E-state index in [1.807, 2.05) is 48.7 Å². The number of aliphatic hydroxyl groups is 1. The number of Topliss-reactive ketones (excluding diaryl/α,β-unsaturated/α-hetero) is 1. The van der Waals surface area contributed by atoms with Gasteiger partial charge in [0.05, 0.1) is 5.57 Å². The van der Waals surface area contributed by atoms with Crippen LogP contribution in [0.3, 0.4) is 0 Å². The van der Waals surface area contributed by atoms with Crippen molar-refractivity contribution >= 4 is 28.7 Å². The highest BCUT2D eigenvalue weighted by Crippen LogP contribution is 2.44. The third-order valence-electron chi connectivity index (χ3n) is 4.23. The van der Waals surface area contributed by atoms with E-state index in [4.69, 9.17) is 0 Å². The minimum Gasteiger partial charge on any atom is -0.503 e. The molecule has 2 aromatic rings. The van der Waals surface area contributed by atoms with E-state index in [0.717, 1.165) is 10.4 Å². The van der Waals surface area contributed by atoms with Crippen LogP contribution in [-0.2, 0) is 9.59 Å². The molecular weight excluding hydrogens is 334 g/mol. The van der Waals surface area contributed by atoms with Crippen LogP contribution in [0.4, 0.5) is 5.69 Å².